The molecule has 1 N–H and O–H groups in total. The molecule has 0 saturated heterocycles. The van der Waals surface area contributed by atoms with Crippen molar-refractivity contribution >= 4 is 38.2 Å². The third kappa shape index (κ3) is 6.70. The van der Waals surface area contributed by atoms with Crippen LogP contribution >= 0.6 is 11.3 Å². The summed E-state index contributed by atoms with van der Waals surface area (Å²) in [6.45, 7) is 7.45. The molecular formula is C19H24N2O7S2. The molecule has 0 fully saturated rings. The molecule has 1 aromatic heterocycles. The van der Waals surface area contributed by atoms with E-state index in [1.807, 2.05) is 27.7 Å². The second-order valence-electron chi connectivity index (χ2n) is 6.80. The van der Waals surface area contributed by atoms with Crippen LogP contribution in [0.4, 0.5) is 5.13 Å². The summed E-state index contributed by atoms with van der Waals surface area (Å²) in [7, 11) is -2.80. The van der Waals surface area contributed by atoms with Crippen LogP contribution in [-0.2, 0) is 19.4 Å². The molecule has 0 bridgehead atoms. The zero-order valence-electron chi connectivity index (χ0n) is 17.3. The van der Waals surface area contributed by atoms with Gasteiger partial charge in [-0.2, -0.15) is 0 Å². The summed E-state index contributed by atoms with van der Waals surface area (Å²) in [5.41, 5.74) is 0.262. The van der Waals surface area contributed by atoms with E-state index < -0.39 is 27.5 Å². The molecule has 0 spiro atoms. The standard InChI is InChI=1S/C19H24N2O7S2/c1-11(2)27-14-6-13(7-15(8-14)28-12(3)4)18(23)21-19-20-9-17(29-19)30(24,25)10-16(22)26-5/h6-9,11-12H,10H2,1-5H3,(H,20,21,23). The fourth-order valence-electron chi connectivity index (χ4n) is 2.30. The van der Waals surface area contributed by atoms with E-state index in [2.05, 4.69) is 15.0 Å². The van der Waals surface area contributed by atoms with E-state index in [4.69, 9.17) is 9.47 Å². The number of methoxy groups -OCH3 is 1. The molecule has 9 nitrogen and oxygen atoms in total. The average molecular weight is 457 g/mol. The van der Waals surface area contributed by atoms with Crippen LogP contribution in [0.2, 0.25) is 0 Å². The first kappa shape index (κ1) is 23.6. The van der Waals surface area contributed by atoms with Gasteiger partial charge in [0.05, 0.1) is 25.5 Å². The number of ether oxygens (including phenoxy) is 3. The number of aromatic nitrogens is 1. The topological polar surface area (TPSA) is 121 Å². The van der Waals surface area contributed by atoms with E-state index in [1.54, 1.807) is 18.2 Å². The van der Waals surface area contributed by atoms with Crippen molar-refractivity contribution in [3.63, 3.8) is 0 Å². The van der Waals surface area contributed by atoms with Gasteiger partial charge >= 0.3 is 5.97 Å². The zero-order chi connectivity index (χ0) is 22.5. The van der Waals surface area contributed by atoms with Crippen molar-refractivity contribution in [1.82, 2.24) is 4.98 Å². The monoisotopic (exact) mass is 456 g/mol. The first-order valence-electron chi connectivity index (χ1n) is 9.05. The smallest absolute Gasteiger partial charge is 0.321 e. The fourth-order valence-corrected chi connectivity index (χ4v) is 4.55. The molecule has 164 valence electrons. The Kier molecular flexibility index (Phi) is 7.79. The number of carbonyl (C=O) groups excluding carboxylic acids is 2. The SMILES string of the molecule is COC(=O)CS(=O)(=O)c1cnc(NC(=O)c2cc(OC(C)C)cc(OC(C)C)c2)s1. The van der Waals surface area contributed by atoms with Gasteiger partial charge in [-0.15, -0.1) is 0 Å². The first-order valence-corrected chi connectivity index (χ1v) is 11.5. The van der Waals surface area contributed by atoms with Gasteiger partial charge in [-0.3, -0.25) is 14.9 Å². The van der Waals surface area contributed by atoms with Gasteiger partial charge in [-0.25, -0.2) is 13.4 Å². The molecule has 0 atom stereocenters. The van der Waals surface area contributed by atoms with Crippen LogP contribution in [0.25, 0.3) is 0 Å². The van der Waals surface area contributed by atoms with Crippen LogP contribution in [0, 0.1) is 0 Å². The van der Waals surface area contributed by atoms with E-state index in [0.717, 1.165) is 24.6 Å². The maximum Gasteiger partial charge on any atom is 0.321 e. The van der Waals surface area contributed by atoms with E-state index in [9.17, 15) is 18.0 Å². The number of anilines is 1. The molecule has 2 aromatic rings. The Hall–Kier alpha value is -2.66. The molecule has 1 amide bonds. The molecule has 0 aliphatic rings. The number of thiazole rings is 1. The number of sulfone groups is 1. The molecule has 0 radical (unpaired) electrons. The summed E-state index contributed by atoms with van der Waals surface area (Å²) in [4.78, 5) is 27.9. The number of rotatable bonds is 9. The zero-order valence-corrected chi connectivity index (χ0v) is 18.9. The molecule has 0 aliphatic heterocycles. The molecule has 0 unspecified atom stereocenters. The van der Waals surface area contributed by atoms with Gasteiger partial charge in [0.2, 0.25) is 0 Å². The Bertz CT molecular complexity index is 985. The van der Waals surface area contributed by atoms with Gasteiger partial charge in [-0.1, -0.05) is 11.3 Å². The van der Waals surface area contributed by atoms with Gasteiger partial charge in [0.25, 0.3) is 5.91 Å². The Morgan fingerprint density at radius 3 is 2.13 bits per heavy atom. The highest BCUT2D eigenvalue weighted by Crippen LogP contribution is 2.27. The highest BCUT2D eigenvalue weighted by molar-refractivity contribution is 7.94. The van der Waals surface area contributed by atoms with Crippen LogP contribution in [0.1, 0.15) is 38.1 Å². The second kappa shape index (κ2) is 9.90. The first-order chi connectivity index (χ1) is 14.0. The Balaban J connectivity index is 2.23. The summed E-state index contributed by atoms with van der Waals surface area (Å²) in [6, 6.07) is 4.81. The predicted molar refractivity (Wildman–Crippen MR) is 112 cm³/mol. The Morgan fingerprint density at radius 1 is 1.07 bits per heavy atom. The maximum atomic E-state index is 12.7. The lowest BCUT2D eigenvalue weighted by Crippen LogP contribution is -2.16. The highest BCUT2D eigenvalue weighted by atomic mass is 32.2. The number of nitrogens with one attached hydrogen (secondary N) is 1. The van der Waals surface area contributed by atoms with E-state index >= 15 is 0 Å². The normalized spacial score (nSPS) is 11.4. The van der Waals surface area contributed by atoms with E-state index in [-0.39, 0.29) is 27.1 Å². The molecular weight excluding hydrogens is 432 g/mol. The number of hydrogen-bond donors (Lipinski definition) is 1. The lowest BCUT2D eigenvalue weighted by atomic mass is 10.2. The van der Waals surface area contributed by atoms with Gasteiger partial charge in [0, 0.05) is 11.6 Å². The Morgan fingerprint density at radius 2 is 1.63 bits per heavy atom. The van der Waals surface area contributed by atoms with Crippen molar-refractivity contribution in [2.24, 2.45) is 0 Å². The number of hydrogen-bond acceptors (Lipinski definition) is 9. The number of benzene rings is 1. The molecule has 0 saturated carbocycles. The lowest BCUT2D eigenvalue weighted by molar-refractivity contribution is -0.137. The van der Waals surface area contributed by atoms with Crippen molar-refractivity contribution in [2.75, 3.05) is 18.2 Å². The molecule has 1 aromatic carbocycles. The van der Waals surface area contributed by atoms with Crippen LogP contribution in [-0.4, -0.2) is 50.3 Å². The van der Waals surface area contributed by atoms with Crippen molar-refractivity contribution in [2.45, 2.75) is 44.1 Å². The largest absolute Gasteiger partial charge is 0.491 e. The predicted octanol–water partition coefficient (Wildman–Crippen LogP) is 2.92. The van der Waals surface area contributed by atoms with Gasteiger partial charge in [-0.05, 0) is 39.8 Å². The van der Waals surface area contributed by atoms with E-state index in [0.29, 0.717) is 11.5 Å². The molecule has 11 heteroatoms. The summed E-state index contributed by atoms with van der Waals surface area (Å²) < 4.78 is 40.0. The number of amides is 1. The third-order valence-corrected chi connectivity index (χ3v) is 6.49. The van der Waals surface area contributed by atoms with Crippen molar-refractivity contribution < 1.29 is 32.2 Å². The summed E-state index contributed by atoms with van der Waals surface area (Å²) in [6.07, 6.45) is 0.887. The van der Waals surface area contributed by atoms with Gasteiger partial charge < -0.3 is 14.2 Å². The minimum Gasteiger partial charge on any atom is -0.491 e. The second-order valence-corrected chi connectivity index (χ2v) is 10.0. The minimum atomic E-state index is -3.90. The van der Waals surface area contributed by atoms with Crippen LogP contribution in [0.15, 0.2) is 28.6 Å². The average Bonchev–Trinajstić information content (AvgIpc) is 3.09. The van der Waals surface area contributed by atoms with Gasteiger partial charge in [0.15, 0.2) is 20.7 Å². The quantitative estimate of drug-likeness (QED) is 0.572. The van der Waals surface area contributed by atoms with Crippen molar-refractivity contribution in [3.05, 3.63) is 30.0 Å². The molecule has 1 heterocycles. The summed E-state index contributed by atoms with van der Waals surface area (Å²) in [5.74, 6) is -1.26. The summed E-state index contributed by atoms with van der Waals surface area (Å²) >= 11 is 0.744. The van der Waals surface area contributed by atoms with Crippen LogP contribution in [0.5, 0.6) is 11.5 Å². The van der Waals surface area contributed by atoms with Crippen LogP contribution in [0.3, 0.4) is 0 Å². The molecule has 30 heavy (non-hydrogen) atoms. The van der Waals surface area contributed by atoms with Gasteiger partial charge in [0.1, 0.15) is 15.7 Å². The third-order valence-electron chi connectivity index (χ3n) is 3.43. The van der Waals surface area contributed by atoms with Crippen LogP contribution < -0.4 is 14.8 Å². The fraction of sp³-hybridized carbons (Fsp3) is 0.421. The number of nitrogens with zero attached hydrogens (tertiary/aromatic N) is 1. The van der Waals surface area contributed by atoms with Crippen molar-refractivity contribution in [1.29, 1.82) is 0 Å². The molecule has 2 rings (SSSR count). The Labute approximate surface area is 179 Å². The maximum absolute atomic E-state index is 12.7. The van der Waals surface area contributed by atoms with E-state index in [1.165, 1.54) is 0 Å². The molecule has 0 aliphatic carbocycles. The highest BCUT2D eigenvalue weighted by Gasteiger charge is 2.23. The number of esters is 1. The summed E-state index contributed by atoms with van der Waals surface area (Å²) in [5, 5.41) is 2.63. The lowest BCUT2D eigenvalue weighted by Gasteiger charge is -2.15. The van der Waals surface area contributed by atoms with Crippen molar-refractivity contribution in [3.8, 4) is 11.5 Å². The number of carbonyl (C=O) groups is 2. The minimum absolute atomic E-state index is 0.0740.